The average molecular weight is 879 g/mol. The SMILES string of the molecule is CN[C@@H](P)C(=O)C[C@H](C(=O)N[C@@H](PP)C(=O)CCP(=O)(O)CC(CC(C)C)C(=O)C[C@@H](C)C(=O)N[C@@H](C)C(=O)C[C@@H](C)C(=O)N[C@@H](C)C(C)=O)P(P)P. The standard InChI is InChI=1S/C32H61N4O10P7/c1-16(2)11-22(25(40)13-18(4)29(43)35-20(6)24(39)12-17(3)28(42)34-19(5)21(7)37)15-53(45,46)10-9-23(38)32(51-48)36-30(44)27(52(49)50)14-26(41)31(47)33-8/h16-20,22,27,31-33,51H,9-15,47-50H2,1-8H3,(H,34,42)(H,35,43)(H,36,44)(H,45,46)/t17-,18-,19+,20+,22?,27-,31+,32+/m1/s1. The molecule has 0 saturated carbocycles. The summed E-state index contributed by atoms with van der Waals surface area (Å²) in [6, 6.07) is -1.64. The maximum Gasteiger partial charge on any atom is 0.229 e. The molecule has 3 amide bonds. The van der Waals surface area contributed by atoms with Crippen LogP contribution in [-0.2, 0) is 42.9 Å². The Labute approximate surface area is 326 Å². The highest BCUT2D eigenvalue weighted by Gasteiger charge is 2.34. The molecule has 53 heavy (non-hydrogen) atoms. The summed E-state index contributed by atoms with van der Waals surface area (Å²) in [5, 5.41) is 10.7. The van der Waals surface area contributed by atoms with Crippen LogP contribution in [0.15, 0.2) is 0 Å². The van der Waals surface area contributed by atoms with Crippen molar-refractivity contribution in [2.45, 2.75) is 110 Å². The molecule has 0 fully saturated rings. The molecule has 0 radical (unpaired) electrons. The maximum atomic E-state index is 13.4. The van der Waals surface area contributed by atoms with E-state index in [4.69, 9.17) is 0 Å². The van der Waals surface area contributed by atoms with E-state index in [2.05, 4.69) is 57.3 Å². The molecule has 7 unspecified atom stereocenters. The van der Waals surface area contributed by atoms with E-state index >= 15 is 0 Å². The number of hydrogen-bond donors (Lipinski definition) is 5. The molecule has 0 aliphatic heterocycles. The molecule has 0 saturated heterocycles. The lowest BCUT2D eigenvalue weighted by atomic mass is 9.89. The third-order valence-electron chi connectivity index (χ3n) is 8.63. The van der Waals surface area contributed by atoms with Crippen LogP contribution >= 0.6 is 59.0 Å². The zero-order chi connectivity index (χ0) is 41.4. The van der Waals surface area contributed by atoms with E-state index in [9.17, 15) is 47.8 Å². The lowest BCUT2D eigenvalue weighted by Gasteiger charge is -2.25. The summed E-state index contributed by atoms with van der Waals surface area (Å²) in [7, 11) is 6.31. The van der Waals surface area contributed by atoms with Crippen LogP contribution in [0, 0.1) is 23.7 Å². The van der Waals surface area contributed by atoms with Gasteiger partial charge in [0.25, 0.3) is 0 Å². The van der Waals surface area contributed by atoms with E-state index < -0.39 is 97.2 Å². The van der Waals surface area contributed by atoms with Crippen molar-refractivity contribution in [1.29, 1.82) is 0 Å². The van der Waals surface area contributed by atoms with E-state index in [1.807, 2.05) is 13.8 Å². The third kappa shape index (κ3) is 20.5. The number of nitrogens with one attached hydrogen (secondary N) is 4. The molecule has 0 aliphatic rings. The molecule has 0 aromatic heterocycles. The molecule has 0 heterocycles. The number of hydrogen-bond acceptors (Lipinski definition) is 10. The third-order valence-corrected chi connectivity index (χ3v) is 16.4. The first-order chi connectivity index (χ1) is 24.4. The van der Waals surface area contributed by atoms with Crippen molar-refractivity contribution in [3.63, 3.8) is 0 Å². The predicted molar refractivity (Wildman–Crippen MR) is 228 cm³/mol. The fraction of sp³-hybridized carbons (Fsp3) is 0.750. The van der Waals surface area contributed by atoms with Gasteiger partial charge in [0.05, 0.1) is 23.5 Å². The normalized spacial score (nSPS) is 17.5. The van der Waals surface area contributed by atoms with Gasteiger partial charge in [-0.05, 0) is 40.2 Å². The number of ketones is 5. The molecule has 304 valence electrons. The minimum atomic E-state index is -4.02. The van der Waals surface area contributed by atoms with Gasteiger partial charge in [0.2, 0.25) is 25.1 Å². The van der Waals surface area contributed by atoms with E-state index in [0.29, 0.717) is 0 Å². The first-order valence-corrected chi connectivity index (χ1v) is 27.6. The molecular weight excluding hydrogens is 817 g/mol. The minimum Gasteiger partial charge on any atom is -0.346 e. The van der Waals surface area contributed by atoms with Crippen LogP contribution in [0.25, 0.3) is 0 Å². The van der Waals surface area contributed by atoms with Gasteiger partial charge in [-0.3, -0.25) is 42.9 Å². The van der Waals surface area contributed by atoms with Crippen molar-refractivity contribution in [2.24, 2.45) is 23.7 Å². The Bertz CT molecular complexity index is 1370. The van der Waals surface area contributed by atoms with Crippen molar-refractivity contribution in [3.05, 3.63) is 0 Å². The van der Waals surface area contributed by atoms with Gasteiger partial charge in [-0.1, -0.05) is 43.3 Å². The number of amides is 3. The Hall–Kier alpha value is -0.510. The smallest absolute Gasteiger partial charge is 0.229 e. The number of Topliss-reactive ketones (excluding diaryl/α,β-unsaturated/α-hetero) is 5. The number of rotatable bonds is 27. The highest BCUT2D eigenvalue weighted by atomic mass is 32.4. The van der Waals surface area contributed by atoms with Gasteiger partial charge in [0, 0.05) is 55.8 Å². The van der Waals surface area contributed by atoms with Crippen LogP contribution < -0.4 is 21.3 Å². The fourth-order valence-corrected chi connectivity index (χ4v) is 10.5. The molecule has 0 bridgehead atoms. The predicted octanol–water partition coefficient (Wildman–Crippen LogP) is 3.39. The Morgan fingerprint density at radius 3 is 1.72 bits per heavy atom. The lowest BCUT2D eigenvalue weighted by molar-refractivity contribution is -0.134. The van der Waals surface area contributed by atoms with Crippen LogP contribution in [-0.4, -0.2) is 100 Å². The van der Waals surface area contributed by atoms with Gasteiger partial charge < -0.3 is 26.2 Å². The van der Waals surface area contributed by atoms with Gasteiger partial charge >= 0.3 is 0 Å². The minimum absolute atomic E-state index is 0.0173. The average Bonchev–Trinajstić information content (AvgIpc) is 3.06. The lowest BCUT2D eigenvalue weighted by Crippen LogP contribution is -2.44. The largest absolute Gasteiger partial charge is 0.346 e. The van der Waals surface area contributed by atoms with Crippen molar-refractivity contribution >= 4 is 106 Å². The van der Waals surface area contributed by atoms with Gasteiger partial charge in [-0.15, -0.1) is 36.0 Å². The van der Waals surface area contributed by atoms with E-state index in [-0.39, 0.29) is 69.8 Å². The molecule has 5 N–H and O–H groups in total. The van der Waals surface area contributed by atoms with Crippen molar-refractivity contribution in [3.8, 4) is 0 Å². The van der Waals surface area contributed by atoms with E-state index in [0.717, 1.165) is 0 Å². The molecule has 21 heteroatoms. The molecule has 0 aromatic rings. The Morgan fingerprint density at radius 2 is 1.26 bits per heavy atom. The fourth-order valence-electron chi connectivity index (χ4n) is 5.03. The Balaban J connectivity index is 5.40. The summed E-state index contributed by atoms with van der Waals surface area (Å²) in [5.41, 5.74) is -0.675. The van der Waals surface area contributed by atoms with Gasteiger partial charge in [-0.25, -0.2) is 0 Å². The van der Waals surface area contributed by atoms with Crippen molar-refractivity contribution < 1.29 is 47.8 Å². The molecule has 0 aliphatic carbocycles. The van der Waals surface area contributed by atoms with Crippen LogP contribution in [0.1, 0.15) is 80.6 Å². The first kappa shape index (κ1) is 52.5. The summed E-state index contributed by atoms with van der Waals surface area (Å²) >= 11 is 0. The zero-order valence-corrected chi connectivity index (χ0v) is 39.4. The summed E-state index contributed by atoms with van der Waals surface area (Å²) in [6.45, 7) is 11.1. The summed E-state index contributed by atoms with van der Waals surface area (Å²) in [5.74, 6) is -7.04. The zero-order valence-electron chi connectivity index (χ0n) is 32.0. The second-order valence-corrected chi connectivity index (χ2v) is 26.0. The quantitative estimate of drug-likeness (QED) is 0.0753. The van der Waals surface area contributed by atoms with Gasteiger partial charge in [0.15, 0.2) is 23.1 Å². The van der Waals surface area contributed by atoms with Crippen LogP contribution in [0.3, 0.4) is 0 Å². The van der Waals surface area contributed by atoms with E-state index in [1.54, 1.807) is 20.9 Å². The second-order valence-electron chi connectivity index (χ2n) is 14.0. The molecule has 14 atom stereocenters. The van der Waals surface area contributed by atoms with Crippen molar-refractivity contribution in [1.82, 2.24) is 21.3 Å². The van der Waals surface area contributed by atoms with Crippen LogP contribution in [0.5, 0.6) is 0 Å². The topological polar surface area (TPSA) is 222 Å². The van der Waals surface area contributed by atoms with Crippen LogP contribution in [0.4, 0.5) is 0 Å². The molecule has 0 spiro atoms. The first-order valence-electron chi connectivity index (χ1n) is 17.4. The van der Waals surface area contributed by atoms with Crippen molar-refractivity contribution in [2.75, 3.05) is 19.4 Å². The maximum absolute atomic E-state index is 13.4. The number of carbonyl (C=O) groups excluding carboxylic acids is 8. The molecular formula is C32H61N4O10P7. The number of likely N-dealkylation sites (N-methyl/N-ethyl adjacent to an activating group) is 1. The summed E-state index contributed by atoms with van der Waals surface area (Å²) in [6.07, 6.45) is -1.24. The summed E-state index contributed by atoms with van der Waals surface area (Å²) < 4.78 is 13.4. The molecule has 0 aromatic carbocycles. The van der Waals surface area contributed by atoms with Gasteiger partial charge in [0.1, 0.15) is 11.6 Å². The molecule has 0 rings (SSSR count). The highest BCUT2D eigenvalue weighted by Crippen LogP contribution is 2.58. The van der Waals surface area contributed by atoms with Gasteiger partial charge in [-0.2, -0.15) is 0 Å². The molecule has 14 nitrogen and oxygen atoms in total. The van der Waals surface area contributed by atoms with E-state index in [1.165, 1.54) is 20.8 Å². The summed E-state index contributed by atoms with van der Waals surface area (Å²) in [4.78, 5) is 113. The highest BCUT2D eigenvalue weighted by molar-refractivity contribution is 8.43. The monoisotopic (exact) mass is 878 g/mol. The Morgan fingerprint density at radius 1 is 0.755 bits per heavy atom. The Kier molecular flexibility index (Phi) is 25.4. The second kappa shape index (κ2) is 25.7. The van der Waals surface area contributed by atoms with Crippen LogP contribution in [0.2, 0.25) is 0 Å². The number of carbonyl (C=O) groups is 8.